The molecule has 0 fully saturated rings. The van der Waals surface area contributed by atoms with Crippen molar-refractivity contribution in [2.75, 3.05) is 0 Å². The van der Waals surface area contributed by atoms with Gasteiger partial charge in [0.2, 0.25) is 0 Å². The summed E-state index contributed by atoms with van der Waals surface area (Å²) in [6, 6.07) is 0. The third-order valence-corrected chi connectivity index (χ3v) is 1.53. The summed E-state index contributed by atoms with van der Waals surface area (Å²) >= 11 is 0. The van der Waals surface area contributed by atoms with E-state index in [1.807, 2.05) is 25.2 Å². The van der Waals surface area contributed by atoms with E-state index in [-0.39, 0.29) is 0 Å². The zero-order valence-corrected chi connectivity index (χ0v) is 7.93. The van der Waals surface area contributed by atoms with Crippen LogP contribution < -0.4 is 5.73 Å². The maximum atomic E-state index is 5.57. The van der Waals surface area contributed by atoms with Crippen LogP contribution in [0.1, 0.15) is 20.3 Å². The van der Waals surface area contributed by atoms with E-state index in [1.54, 1.807) is 0 Å². The fourth-order valence-electron chi connectivity index (χ4n) is 0.749. The summed E-state index contributed by atoms with van der Waals surface area (Å²) in [5, 5.41) is 0. The summed E-state index contributed by atoms with van der Waals surface area (Å²) in [5.74, 6) is 0. The molecule has 0 unspecified atom stereocenters. The summed E-state index contributed by atoms with van der Waals surface area (Å²) < 4.78 is 0. The number of nitrogens with two attached hydrogens (primary N) is 1. The van der Waals surface area contributed by atoms with Gasteiger partial charge < -0.3 is 5.73 Å². The van der Waals surface area contributed by atoms with Crippen molar-refractivity contribution in [1.29, 1.82) is 0 Å². The predicted molar refractivity (Wildman–Crippen MR) is 55.7 cm³/mol. The molecule has 0 aliphatic heterocycles. The van der Waals surface area contributed by atoms with Crippen LogP contribution in [0.25, 0.3) is 0 Å². The predicted octanol–water partition coefficient (Wildman–Crippen LogP) is 2.93. The van der Waals surface area contributed by atoms with Gasteiger partial charge in [0.05, 0.1) is 0 Å². The van der Waals surface area contributed by atoms with Crippen LogP contribution in [0.5, 0.6) is 0 Å². The first-order valence-corrected chi connectivity index (χ1v) is 4.08. The Kier molecular flexibility index (Phi) is 4.86. The SMILES string of the molecule is C=C(/C=C(\C=C\C)C(=C)N)CC. The minimum Gasteiger partial charge on any atom is -0.399 e. The normalized spacial score (nSPS) is 12.0. The fourth-order valence-corrected chi connectivity index (χ4v) is 0.749. The fraction of sp³-hybridized carbons (Fsp3) is 0.273. The van der Waals surface area contributed by atoms with Gasteiger partial charge in [-0.25, -0.2) is 0 Å². The summed E-state index contributed by atoms with van der Waals surface area (Å²) in [4.78, 5) is 0. The molecular formula is C11H17N. The van der Waals surface area contributed by atoms with E-state index in [2.05, 4.69) is 20.1 Å². The molecule has 0 heterocycles. The molecule has 0 bridgehead atoms. The molecular weight excluding hydrogens is 146 g/mol. The molecule has 1 heteroatoms. The van der Waals surface area contributed by atoms with Gasteiger partial charge in [0, 0.05) is 5.70 Å². The zero-order chi connectivity index (χ0) is 9.56. The molecule has 0 aromatic rings. The molecule has 66 valence electrons. The van der Waals surface area contributed by atoms with Crippen LogP contribution in [0.2, 0.25) is 0 Å². The molecule has 0 atom stereocenters. The summed E-state index contributed by atoms with van der Waals surface area (Å²) in [5.41, 5.74) is 8.17. The molecule has 0 amide bonds. The lowest BCUT2D eigenvalue weighted by Crippen LogP contribution is -1.97. The van der Waals surface area contributed by atoms with E-state index >= 15 is 0 Å². The van der Waals surface area contributed by atoms with Gasteiger partial charge in [-0.05, 0) is 18.9 Å². The van der Waals surface area contributed by atoms with Crippen LogP contribution in [0.15, 0.2) is 48.2 Å². The van der Waals surface area contributed by atoms with Crippen molar-refractivity contribution >= 4 is 0 Å². The summed E-state index contributed by atoms with van der Waals surface area (Å²) in [6.45, 7) is 11.6. The summed E-state index contributed by atoms with van der Waals surface area (Å²) in [7, 11) is 0. The first kappa shape index (κ1) is 10.8. The van der Waals surface area contributed by atoms with Crippen LogP contribution in [-0.2, 0) is 0 Å². The lowest BCUT2D eigenvalue weighted by atomic mass is 10.1. The second-order valence-corrected chi connectivity index (χ2v) is 2.64. The lowest BCUT2D eigenvalue weighted by molar-refractivity contribution is 1.15. The van der Waals surface area contributed by atoms with E-state index in [0.717, 1.165) is 17.6 Å². The topological polar surface area (TPSA) is 26.0 Å². The van der Waals surface area contributed by atoms with Crippen molar-refractivity contribution < 1.29 is 0 Å². The zero-order valence-electron chi connectivity index (χ0n) is 7.93. The number of hydrogen-bond acceptors (Lipinski definition) is 1. The Morgan fingerprint density at radius 1 is 1.42 bits per heavy atom. The quantitative estimate of drug-likeness (QED) is 0.633. The highest BCUT2D eigenvalue weighted by atomic mass is 14.6. The maximum absolute atomic E-state index is 5.57. The third-order valence-electron chi connectivity index (χ3n) is 1.53. The van der Waals surface area contributed by atoms with Crippen LogP contribution >= 0.6 is 0 Å². The van der Waals surface area contributed by atoms with Crippen molar-refractivity contribution in [2.45, 2.75) is 20.3 Å². The van der Waals surface area contributed by atoms with Gasteiger partial charge in [0.1, 0.15) is 0 Å². The van der Waals surface area contributed by atoms with E-state index < -0.39 is 0 Å². The van der Waals surface area contributed by atoms with Gasteiger partial charge >= 0.3 is 0 Å². The summed E-state index contributed by atoms with van der Waals surface area (Å²) in [6.07, 6.45) is 6.77. The van der Waals surface area contributed by atoms with Gasteiger partial charge in [-0.2, -0.15) is 0 Å². The molecule has 0 saturated carbocycles. The van der Waals surface area contributed by atoms with Crippen LogP contribution in [0.3, 0.4) is 0 Å². The Morgan fingerprint density at radius 2 is 2.00 bits per heavy atom. The number of rotatable bonds is 4. The maximum Gasteiger partial charge on any atom is 0.0314 e. The number of allylic oxidation sites excluding steroid dienone is 4. The Balaban J connectivity index is 4.61. The Labute approximate surface area is 75.0 Å². The minimum atomic E-state index is 0.586. The lowest BCUT2D eigenvalue weighted by Gasteiger charge is -2.01. The first-order chi connectivity index (χ1) is 5.61. The first-order valence-electron chi connectivity index (χ1n) is 4.08. The average Bonchev–Trinajstić information content (AvgIpc) is 2.03. The van der Waals surface area contributed by atoms with Crippen molar-refractivity contribution in [2.24, 2.45) is 5.73 Å². The molecule has 0 aliphatic carbocycles. The van der Waals surface area contributed by atoms with Crippen LogP contribution in [0, 0.1) is 0 Å². The monoisotopic (exact) mass is 163 g/mol. The molecule has 1 nitrogen and oxygen atoms in total. The van der Waals surface area contributed by atoms with Gasteiger partial charge in [-0.15, -0.1) is 0 Å². The van der Waals surface area contributed by atoms with Gasteiger partial charge in [0.15, 0.2) is 0 Å². The minimum absolute atomic E-state index is 0.586. The van der Waals surface area contributed by atoms with E-state index in [9.17, 15) is 0 Å². The molecule has 0 radical (unpaired) electrons. The average molecular weight is 163 g/mol. The van der Waals surface area contributed by atoms with Crippen LogP contribution in [-0.4, -0.2) is 0 Å². The Bertz CT molecular complexity index is 231. The Hall–Kier alpha value is -1.24. The molecule has 12 heavy (non-hydrogen) atoms. The highest BCUT2D eigenvalue weighted by Gasteiger charge is 1.93. The van der Waals surface area contributed by atoms with Crippen LogP contribution in [0.4, 0.5) is 0 Å². The smallest absolute Gasteiger partial charge is 0.0314 e. The van der Waals surface area contributed by atoms with E-state index in [1.165, 1.54) is 0 Å². The molecule has 0 saturated heterocycles. The molecule has 0 rings (SSSR count). The van der Waals surface area contributed by atoms with E-state index in [0.29, 0.717) is 5.70 Å². The molecule has 0 spiro atoms. The van der Waals surface area contributed by atoms with Crippen molar-refractivity contribution in [1.82, 2.24) is 0 Å². The van der Waals surface area contributed by atoms with Gasteiger partial charge in [0.25, 0.3) is 0 Å². The molecule has 0 aromatic carbocycles. The highest BCUT2D eigenvalue weighted by molar-refractivity contribution is 5.40. The molecule has 2 N–H and O–H groups in total. The third kappa shape index (κ3) is 3.81. The second-order valence-electron chi connectivity index (χ2n) is 2.64. The van der Waals surface area contributed by atoms with Gasteiger partial charge in [-0.1, -0.05) is 43.9 Å². The van der Waals surface area contributed by atoms with Crippen molar-refractivity contribution in [3.8, 4) is 0 Å². The second kappa shape index (κ2) is 5.42. The van der Waals surface area contributed by atoms with Crippen molar-refractivity contribution in [3.05, 3.63) is 48.2 Å². The van der Waals surface area contributed by atoms with Crippen molar-refractivity contribution in [3.63, 3.8) is 0 Å². The van der Waals surface area contributed by atoms with Gasteiger partial charge in [-0.3, -0.25) is 0 Å². The highest BCUT2D eigenvalue weighted by Crippen LogP contribution is 2.09. The number of hydrogen-bond donors (Lipinski definition) is 1. The largest absolute Gasteiger partial charge is 0.399 e. The standard InChI is InChI=1S/C11H17N/c1-5-7-11(10(4)12)8-9(3)6-2/h5,7-8H,3-4,6,12H2,1-2H3/b7-5+,11-8+. The van der Waals surface area contributed by atoms with E-state index in [4.69, 9.17) is 5.73 Å². The Morgan fingerprint density at radius 3 is 2.33 bits per heavy atom. The molecule has 0 aromatic heterocycles. The molecule has 0 aliphatic rings.